The number of ketones is 1. The molecule has 0 radical (unpaired) electrons. The number of nitrogens with one attached hydrogen (secondary N) is 2. The zero-order chi connectivity index (χ0) is 29.7. The highest BCUT2D eigenvalue weighted by Crippen LogP contribution is 2.46. The van der Waals surface area contributed by atoms with Crippen molar-refractivity contribution in [1.29, 1.82) is 0 Å². The average Bonchev–Trinajstić information content (AvgIpc) is 3.60. The maximum Gasteiger partial charge on any atom is 0.254 e. The van der Waals surface area contributed by atoms with Gasteiger partial charge in [-0.15, -0.1) is 0 Å². The first-order valence-corrected chi connectivity index (χ1v) is 15.3. The lowest BCUT2D eigenvalue weighted by Gasteiger charge is -2.32. The molecule has 4 atom stereocenters. The number of amides is 1. The molecule has 3 aromatic rings. The fraction of sp³-hybridized carbons (Fsp3) is 0.515. The summed E-state index contributed by atoms with van der Waals surface area (Å²) in [6, 6.07) is 2.59. The van der Waals surface area contributed by atoms with E-state index in [1.165, 1.54) is 6.07 Å². The lowest BCUT2D eigenvalue weighted by atomic mass is 9.77. The molecule has 1 amide bonds. The van der Waals surface area contributed by atoms with Crippen molar-refractivity contribution in [2.24, 2.45) is 11.8 Å². The Morgan fingerprint density at radius 3 is 2.71 bits per heavy atom. The molecule has 3 N–H and O–H groups in total. The van der Waals surface area contributed by atoms with Crippen molar-refractivity contribution < 1.29 is 19.1 Å². The summed E-state index contributed by atoms with van der Waals surface area (Å²) < 4.78 is 16.8. The molecule has 4 heterocycles. The second-order valence-electron chi connectivity index (χ2n) is 12.9. The Kier molecular flexibility index (Phi) is 6.23. The lowest BCUT2D eigenvalue weighted by Crippen LogP contribution is -2.46. The summed E-state index contributed by atoms with van der Waals surface area (Å²) in [4.78, 5) is 45.3. The molecular weight excluding hydrogens is 535 g/mol. The lowest BCUT2D eigenvalue weighted by molar-refractivity contribution is -0.140. The zero-order valence-corrected chi connectivity index (χ0v) is 24.6. The van der Waals surface area contributed by atoms with E-state index in [4.69, 9.17) is 4.98 Å². The highest BCUT2D eigenvalue weighted by atomic mass is 19.1. The minimum Gasteiger partial charge on any atom is -0.377 e. The van der Waals surface area contributed by atoms with Gasteiger partial charge in [0.25, 0.3) is 5.56 Å². The quantitative estimate of drug-likeness (QED) is 0.344. The molecule has 1 saturated heterocycles. The first kappa shape index (κ1) is 27.4. The monoisotopic (exact) mass is 572 g/mol. The number of nitrogens with zero attached hydrogens (tertiary/aromatic N) is 2. The van der Waals surface area contributed by atoms with Crippen molar-refractivity contribution >= 4 is 22.6 Å². The first-order valence-electron chi connectivity index (χ1n) is 15.3. The normalized spacial score (nSPS) is 26.0. The number of hydrogen-bond donors (Lipinski definition) is 3. The number of aromatic nitrogens is 2. The van der Waals surface area contributed by atoms with E-state index in [0.717, 1.165) is 35.0 Å². The highest BCUT2D eigenvalue weighted by molar-refractivity contribution is 5.95. The highest BCUT2D eigenvalue weighted by Gasteiger charge is 2.44. The van der Waals surface area contributed by atoms with Crippen LogP contribution in [0.1, 0.15) is 85.9 Å². The maximum atomic E-state index is 15.2. The molecule has 9 heteroatoms. The van der Waals surface area contributed by atoms with E-state index in [9.17, 15) is 19.5 Å². The van der Waals surface area contributed by atoms with Crippen LogP contribution < -0.4 is 16.2 Å². The van der Waals surface area contributed by atoms with Gasteiger partial charge in [-0.25, -0.2) is 9.37 Å². The number of halogens is 1. The molecule has 8 nitrogen and oxygen atoms in total. The minimum atomic E-state index is -1.72. The number of carbonyl (C=O) groups excluding carboxylic acids is 2. The molecule has 7 rings (SSSR count). The zero-order valence-electron chi connectivity index (χ0n) is 24.6. The molecule has 0 bridgehead atoms. The molecule has 1 unspecified atom stereocenters. The fourth-order valence-corrected chi connectivity index (χ4v) is 8.07. The summed E-state index contributed by atoms with van der Waals surface area (Å²) in [7, 11) is 0. The van der Waals surface area contributed by atoms with Crippen molar-refractivity contribution in [2.75, 3.05) is 6.54 Å². The number of carbonyl (C=O) groups is 2. The Morgan fingerprint density at radius 2 is 1.98 bits per heavy atom. The number of aliphatic hydroxyl groups is 1. The van der Waals surface area contributed by atoms with Crippen LogP contribution in [-0.4, -0.2) is 38.9 Å². The van der Waals surface area contributed by atoms with Crippen LogP contribution in [0.25, 0.3) is 22.3 Å². The summed E-state index contributed by atoms with van der Waals surface area (Å²) >= 11 is 0. The Balaban J connectivity index is 1.42. The van der Waals surface area contributed by atoms with Crippen LogP contribution in [0.4, 0.5) is 4.39 Å². The molecular formula is C33H37FN4O4. The summed E-state index contributed by atoms with van der Waals surface area (Å²) in [5.74, 6) is -0.0419. The number of fused-ring (bicyclic) bond motifs is 5. The van der Waals surface area contributed by atoms with Crippen molar-refractivity contribution in [3.8, 4) is 11.4 Å². The average molecular weight is 573 g/mol. The number of benzene rings is 1. The van der Waals surface area contributed by atoms with E-state index in [1.54, 1.807) is 24.5 Å². The van der Waals surface area contributed by atoms with Crippen LogP contribution in [0.2, 0.25) is 0 Å². The summed E-state index contributed by atoms with van der Waals surface area (Å²) in [6.45, 7) is 8.89. The van der Waals surface area contributed by atoms with Gasteiger partial charge in [0.15, 0.2) is 5.78 Å². The van der Waals surface area contributed by atoms with Crippen LogP contribution in [0.15, 0.2) is 16.9 Å². The van der Waals surface area contributed by atoms with E-state index in [0.29, 0.717) is 52.4 Å². The van der Waals surface area contributed by atoms with Gasteiger partial charge in [0, 0.05) is 34.6 Å². The number of hydrogen-bond acceptors (Lipinski definition) is 6. The van der Waals surface area contributed by atoms with Crippen LogP contribution in [0, 0.1) is 24.6 Å². The van der Waals surface area contributed by atoms with Gasteiger partial charge in [0.05, 0.1) is 35.5 Å². The van der Waals surface area contributed by atoms with E-state index >= 15 is 4.39 Å². The Morgan fingerprint density at radius 1 is 1.19 bits per heavy atom. The van der Waals surface area contributed by atoms with Gasteiger partial charge in [-0.1, -0.05) is 20.8 Å². The molecule has 1 aromatic carbocycles. The molecule has 2 aromatic heterocycles. The molecule has 2 aliphatic carbocycles. The summed E-state index contributed by atoms with van der Waals surface area (Å²) in [6.07, 6.45) is 2.74. The van der Waals surface area contributed by atoms with Gasteiger partial charge in [-0.05, 0) is 80.2 Å². The van der Waals surface area contributed by atoms with Gasteiger partial charge in [-0.3, -0.25) is 14.4 Å². The van der Waals surface area contributed by atoms with Gasteiger partial charge in [0.1, 0.15) is 11.4 Å². The molecule has 0 saturated carbocycles. The Bertz CT molecular complexity index is 1760. The molecule has 1 fully saturated rings. The van der Waals surface area contributed by atoms with Gasteiger partial charge < -0.3 is 20.3 Å². The van der Waals surface area contributed by atoms with Crippen molar-refractivity contribution in [2.45, 2.75) is 90.4 Å². The van der Waals surface area contributed by atoms with Gasteiger partial charge in [0.2, 0.25) is 5.91 Å². The fourth-order valence-electron chi connectivity index (χ4n) is 8.07. The minimum absolute atomic E-state index is 0.0353. The third-order valence-electron chi connectivity index (χ3n) is 10.5. The Labute approximate surface area is 243 Å². The Hall–Kier alpha value is -3.43. The van der Waals surface area contributed by atoms with E-state index in [1.807, 2.05) is 0 Å². The second-order valence-corrected chi connectivity index (χ2v) is 12.9. The van der Waals surface area contributed by atoms with Crippen LogP contribution in [0.5, 0.6) is 0 Å². The van der Waals surface area contributed by atoms with Crippen LogP contribution in [-0.2, 0) is 34.6 Å². The second kappa shape index (κ2) is 9.54. The smallest absolute Gasteiger partial charge is 0.254 e. The molecule has 0 spiro atoms. The number of pyridine rings is 2. The molecule has 4 aliphatic rings. The van der Waals surface area contributed by atoms with E-state index in [2.05, 4.69) is 24.5 Å². The van der Waals surface area contributed by atoms with Crippen molar-refractivity contribution in [3.63, 3.8) is 0 Å². The van der Waals surface area contributed by atoms with Crippen LogP contribution in [0.3, 0.4) is 0 Å². The van der Waals surface area contributed by atoms with Crippen LogP contribution >= 0.6 is 0 Å². The van der Waals surface area contributed by atoms with Gasteiger partial charge in [-0.2, -0.15) is 0 Å². The predicted molar refractivity (Wildman–Crippen MR) is 157 cm³/mol. The molecule has 220 valence electrons. The standard InChI is InChI=1S/C33H37FN4O4/c1-5-33(42)21-12-25-29-20(14-38(25)32(41)19(21)7-9-26(33)39)28-23(37-31(40)30-17(15(2)3)10-11-35-30)8-6-18-16(4)22(34)13-24(36-29)27(18)28/h12-13,15,17,23,30,35,42H,5-11,14H2,1-4H3,(H,37,40)/t17?,23-,30+,33-/m0/s1. The van der Waals surface area contributed by atoms with E-state index < -0.39 is 5.60 Å². The van der Waals surface area contributed by atoms with Crippen molar-refractivity contribution in [3.05, 3.63) is 61.7 Å². The maximum absolute atomic E-state index is 15.2. The first-order chi connectivity index (χ1) is 20.0. The number of Topliss-reactive ketones (excluding diaryl/α,β-unsaturated/α-hetero) is 1. The third kappa shape index (κ3) is 3.72. The number of aryl methyl sites for hydroxylation is 1. The van der Waals surface area contributed by atoms with Crippen molar-refractivity contribution in [1.82, 2.24) is 20.2 Å². The summed E-state index contributed by atoms with van der Waals surface area (Å²) in [5.41, 5.74) is 3.64. The van der Waals surface area contributed by atoms with Gasteiger partial charge >= 0.3 is 0 Å². The SMILES string of the molecule is CC[C@@]1(O)C(=O)CCc2c1cc1n(c2=O)Cc2c-1nc1cc(F)c(C)c3c1c2[C@@H](NC(=O)[C@@H]1NCCC1C(C)C)CC3. The summed E-state index contributed by atoms with van der Waals surface area (Å²) in [5, 5.41) is 19.0. The topological polar surface area (TPSA) is 113 Å². The molecule has 2 aliphatic heterocycles. The predicted octanol–water partition coefficient (Wildman–Crippen LogP) is 3.72. The largest absolute Gasteiger partial charge is 0.377 e. The third-order valence-corrected chi connectivity index (χ3v) is 10.5. The number of rotatable bonds is 4. The van der Waals surface area contributed by atoms with E-state index in [-0.39, 0.29) is 66.9 Å². The molecule has 42 heavy (non-hydrogen) atoms.